The van der Waals surface area contributed by atoms with Gasteiger partial charge in [0, 0.05) is 6.07 Å². The number of nitrogens with one attached hydrogen (secondary N) is 1. The van der Waals surface area contributed by atoms with Gasteiger partial charge in [-0.2, -0.15) is 5.10 Å². The summed E-state index contributed by atoms with van der Waals surface area (Å²) in [6.45, 7) is 0. The SMILES string of the molecule is Fc1cc(F)c(-c2n[nH]c(=S)s2)cc1F. The van der Waals surface area contributed by atoms with Crippen LogP contribution >= 0.6 is 23.6 Å². The molecule has 7 heteroatoms. The topological polar surface area (TPSA) is 28.7 Å². The fourth-order valence-electron chi connectivity index (χ4n) is 1.03. The van der Waals surface area contributed by atoms with Crippen LogP contribution in [0.25, 0.3) is 10.6 Å². The van der Waals surface area contributed by atoms with Gasteiger partial charge in [0.15, 0.2) is 15.6 Å². The first-order valence-electron chi connectivity index (χ1n) is 3.78. The number of aromatic nitrogens is 2. The standard InChI is InChI=1S/C8H3F3N2S2/c9-4-2-6(11)5(10)1-3(4)7-12-13-8(14)15-7/h1-2H,(H,13,14). The minimum Gasteiger partial charge on any atom is -0.258 e. The van der Waals surface area contributed by atoms with E-state index in [9.17, 15) is 13.2 Å². The van der Waals surface area contributed by atoms with E-state index >= 15 is 0 Å². The molecule has 15 heavy (non-hydrogen) atoms. The van der Waals surface area contributed by atoms with Gasteiger partial charge < -0.3 is 0 Å². The molecule has 0 amide bonds. The summed E-state index contributed by atoms with van der Waals surface area (Å²) in [5.74, 6) is -3.21. The van der Waals surface area contributed by atoms with Crippen molar-refractivity contribution in [2.24, 2.45) is 0 Å². The first-order valence-corrected chi connectivity index (χ1v) is 5.01. The smallest absolute Gasteiger partial charge is 0.176 e. The molecule has 0 spiro atoms. The molecule has 1 aromatic heterocycles. The second kappa shape index (κ2) is 3.74. The average Bonchev–Trinajstić information content (AvgIpc) is 2.58. The van der Waals surface area contributed by atoms with Crippen molar-refractivity contribution in [1.29, 1.82) is 0 Å². The van der Waals surface area contributed by atoms with Gasteiger partial charge in [-0.15, -0.1) is 0 Å². The summed E-state index contributed by atoms with van der Waals surface area (Å²) in [6, 6.07) is 1.24. The van der Waals surface area contributed by atoms with E-state index in [2.05, 4.69) is 10.2 Å². The van der Waals surface area contributed by atoms with Gasteiger partial charge in [0.25, 0.3) is 0 Å². The number of hydrogen-bond donors (Lipinski definition) is 1. The number of hydrogen-bond acceptors (Lipinski definition) is 3. The Kier molecular flexibility index (Phi) is 2.57. The van der Waals surface area contributed by atoms with Gasteiger partial charge in [-0.1, -0.05) is 11.3 Å². The Morgan fingerprint density at radius 2 is 1.80 bits per heavy atom. The monoisotopic (exact) mass is 248 g/mol. The molecule has 0 saturated heterocycles. The van der Waals surface area contributed by atoms with E-state index in [1.807, 2.05) is 0 Å². The molecule has 0 bridgehead atoms. The summed E-state index contributed by atoms with van der Waals surface area (Å²) >= 11 is 5.73. The first kappa shape index (κ1) is 10.3. The summed E-state index contributed by atoms with van der Waals surface area (Å²) < 4.78 is 39.0. The molecule has 0 fully saturated rings. The molecule has 2 nitrogen and oxygen atoms in total. The molecule has 0 radical (unpaired) electrons. The summed E-state index contributed by atoms with van der Waals surface area (Å²) in [5.41, 5.74) is -0.105. The van der Waals surface area contributed by atoms with E-state index in [-0.39, 0.29) is 10.6 Å². The predicted octanol–water partition coefficient (Wildman–Crippen LogP) is 3.28. The third-order valence-electron chi connectivity index (χ3n) is 1.68. The summed E-state index contributed by atoms with van der Waals surface area (Å²) in [5, 5.41) is 6.30. The molecule has 0 atom stereocenters. The highest BCUT2D eigenvalue weighted by atomic mass is 32.1. The van der Waals surface area contributed by atoms with E-state index in [1.165, 1.54) is 0 Å². The predicted molar refractivity (Wildman–Crippen MR) is 52.6 cm³/mol. The highest BCUT2D eigenvalue weighted by Gasteiger charge is 2.13. The van der Waals surface area contributed by atoms with Crippen molar-refractivity contribution in [2.45, 2.75) is 0 Å². The Hall–Kier alpha value is -1.21. The molecule has 1 aromatic carbocycles. The molecule has 0 unspecified atom stereocenters. The van der Waals surface area contributed by atoms with E-state index < -0.39 is 17.5 Å². The number of nitrogens with zero attached hydrogens (tertiary/aromatic N) is 1. The van der Waals surface area contributed by atoms with Crippen LogP contribution in [-0.2, 0) is 0 Å². The molecular weight excluding hydrogens is 245 g/mol. The van der Waals surface area contributed by atoms with Gasteiger partial charge in [-0.25, -0.2) is 13.2 Å². The Balaban J connectivity index is 2.63. The van der Waals surface area contributed by atoms with Crippen LogP contribution in [-0.4, -0.2) is 10.2 Å². The summed E-state index contributed by atoms with van der Waals surface area (Å²) in [6.07, 6.45) is 0. The van der Waals surface area contributed by atoms with Gasteiger partial charge in [0.05, 0.1) is 5.56 Å². The Labute approximate surface area is 91.4 Å². The van der Waals surface area contributed by atoms with Crippen LogP contribution in [0.4, 0.5) is 13.2 Å². The van der Waals surface area contributed by atoms with E-state index in [0.717, 1.165) is 17.4 Å². The zero-order chi connectivity index (χ0) is 11.0. The molecule has 0 aliphatic rings. The zero-order valence-electron chi connectivity index (χ0n) is 7.05. The number of H-pyrrole nitrogens is 1. The molecule has 2 rings (SSSR count). The van der Waals surface area contributed by atoms with Crippen molar-refractivity contribution in [3.63, 3.8) is 0 Å². The van der Waals surface area contributed by atoms with Crippen LogP contribution in [0.1, 0.15) is 0 Å². The van der Waals surface area contributed by atoms with Crippen LogP contribution in [0, 0.1) is 21.4 Å². The van der Waals surface area contributed by atoms with Gasteiger partial charge in [0.1, 0.15) is 10.8 Å². The minimum absolute atomic E-state index is 0.105. The summed E-state index contributed by atoms with van der Waals surface area (Å²) in [7, 11) is 0. The van der Waals surface area contributed by atoms with Gasteiger partial charge >= 0.3 is 0 Å². The van der Waals surface area contributed by atoms with Gasteiger partial charge in [-0.05, 0) is 18.3 Å². The third kappa shape index (κ3) is 1.93. The van der Waals surface area contributed by atoms with E-state index in [4.69, 9.17) is 12.2 Å². The van der Waals surface area contributed by atoms with Crippen LogP contribution in [0.3, 0.4) is 0 Å². The fraction of sp³-hybridized carbons (Fsp3) is 0. The van der Waals surface area contributed by atoms with Crippen molar-refractivity contribution in [3.8, 4) is 10.6 Å². The van der Waals surface area contributed by atoms with Crippen molar-refractivity contribution in [3.05, 3.63) is 33.5 Å². The lowest BCUT2D eigenvalue weighted by Gasteiger charge is -1.99. The lowest BCUT2D eigenvalue weighted by molar-refractivity contribution is 0.496. The average molecular weight is 248 g/mol. The molecular formula is C8H3F3N2S2. The third-order valence-corrected chi connectivity index (χ3v) is 2.80. The lowest BCUT2D eigenvalue weighted by Crippen LogP contribution is -1.90. The van der Waals surface area contributed by atoms with Crippen molar-refractivity contribution < 1.29 is 13.2 Å². The maximum Gasteiger partial charge on any atom is 0.176 e. The Bertz CT molecular complexity index is 561. The Morgan fingerprint density at radius 1 is 1.13 bits per heavy atom. The van der Waals surface area contributed by atoms with Gasteiger partial charge in [-0.3, -0.25) is 5.10 Å². The number of rotatable bonds is 1. The summed E-state index contributed by atoms with van der Waals surface area (Å²) in [4.78, 5) is 0. The molecule has 0 saturated carbocycles. The minimum atomic E-state index is -1.23. The fourth-order valence-corrected chi connectivity index (χ4v) is 1.94. The number of aromatic amines is 1. The van der Waals surface area contributed by atoms with Crippen molar-refractivity contribution in [2.75, 3.05) is 0 Å². The van der Waals surface area contributed by atoms with Crippen molar-refractivity contribution in [1.82, 2.24) is 10.2 Å². The Morgan fingerprint density at radius 3 is 2.40 bits per heavy atom. The molecule has 1 heterocycles. The number of halogens is 3. The highest BCUT2D eigenvalue weighted by molar-refractivity contribution is 7.73. The number of benzene rings is 1. The molecule has 0 aliphatic heterocycles. The molecule has 78 valence electrons. The maximum absolute atomic E-state index is 13.2. The molecule has 2 aromatic rings. The highest BCUT2D eigenvalue weighted by Crippen LogP contribution is 2.26. The van der Waals surface area contributed by atoms with Crippen LogP contribution in [0.2, 0.25) is 0 Å². The largest absolute Gasteiger partial charge is 0.258 e. The van der Waals surface area contributed by atoms with Crippen LogP contribution in [0.15, 0.2) is 12.1 Å². The molecule has 1 N–H and O–H groups in total. The first-order chi connectivity index (χ1) is 7.08. The van der Waals surface area contributed by atoms with E-state index in [0.29, 0.717) is 10.0 Å². The second-order valence-corrected chi connectivity index (χ2v) is 4.33. The molecule has 0 aliphatic carbocycles. The maximum atomic E-state index is 13.2. The normalized spacial score (nSPS) is 10.6. The quantitative estimate of drug-likeness (QED) is 0.619. The lowest BCUT2D eigenvalue weighted by atomic mass is 10.2. The van der Waals surface area contributed by atoms with Crippen LogP contribution < -0.4 is 0 Å². The second-order valence-electron chi connectivity index (χ2n) is 2.66. The zero-order valence-corrected chi connectivity index (χ0v) is 8.69. The van der Waals surface area contributed by atoms with Gasteiger partial charge in [0.2, 0.25) is 0 Å². The van der Waals surface area contributed by atoms with E-state index in [1.54, 1.807) is 0 Å². The van der Waals surface area contributed by atoms with Crippen molar-refractivity contribution >= 4 is 23.6 Å². The van der Waals surface area contributed by atoms with Crippen LogP contribution in [0.5, 0.6) is 0 Å².